The number of piperidine rings is 1. The zero-order chi connectivity index (χ0) is 17.3. The number of imidazole rings is 1. The topological polar surface area (TPSA) is 90.2 Å². The van der Waals surface area contributed by atoms with E-state index >= 15 is 0 Å². The highest BCUT2D eigenvalue weighted by Gasteiger charge is 2.31. The Morgan fingerprint density at radius 1 is 1.25 bits per heavy atom. The zero-order valence-corrected chi connectivity index (χ0v) is 13.4. The van der Waals surface area contributed by atoms with E-state index in [0.717, 1.165) is 30.2 Å². The molecule has 0 bridgehead atoms. The highest BCUT2D eigenvalue weighted by molar-refractivity contribution is 6.00. The minimum absolute atomic E-state index is 0.225. The maximum atomic E-state index is 12.6. The Kier molecular flexibility index (Phi) is 4.33. The quantitative estimate of drug-likeness (QED) is 0.500. The number of imide groups is 1. The summed E-state index contributed by atoms with van der Waals surface area (Å²) in [5.41, 5.74) is 2.19. The molecule has 1 N–H and O–H groups in total. The number of amides is 2. The summed E-state index contributed by atoms with van der Waals surface area (Å²) in [6.07, 6.45) is 3.47. The number of nitrogens with one attached hydrogen (secondary N) is 1. The molecule has 3 rings (SSSR count). The van der Waals surface area contributed by atoms with Gasteiger partial charge in [0.25, 0.3) is 0 Å². The van der Waals surface area contributed by atoms with Gasteiger partial charge in [-0.3, -0.25) is 24.0 Å². The molecule has 2 heterocycles. The normalized spacial score (nSPS) is 18.0. The minimum atomic E-state index is -0.667. The molecule has 2 aromatic rings. The molecular formula is C17H19N3O4. The van der Waals surface area contributed by atoms with Crippen LogP contribution in [0.25, 0.3) is 11.0 Å². The number of unbranched alkanes of at least 4 members (excludes halogenated alkanes) is 1. The first kappa shape index (κ1) is 16.2. The molecule has 7 nitrogen and oxygen atoms in total. The van der Waals surface area contributed by atoms with Gasteiger partial charge in [0.05, 0.1) is 11.0 Å². The third-order valence-corrected chi connectivity index (χ3v) is 4.46. The number of rotatable bonds is 5. The van der Waals surface area contributed by atoms with E-state index in [1.807, 2.05) is 18.2 Å². The smallest absolute Gasteiger partial charge is 0.303 e. The molecule has 24 heavy (non-hydrogen) atoms. The Morgan fingerprint density at radius 2 is 2.04 bits per heavy atom. The summed E-state index contributed by atoms with van der Waals surface area (Å²) >= 11 is 0. The van der Waals surface area contributed by atoms with Gasteiger partial charge in [0.2, 0.25) is 11.8 Å². The highest BCUT2D eigenvalue weighted by atomic mass is 16.2. The number of aryl methyl sites for hydroxylation is 2. The summed E-state index contributed by atoms with van der Waals surface area (Å²) in [7, 11) is 1.67. The summed E-state index contributed by atoms with van der Waals surface area (Å²) in [5.74, 6) is -0.738. The number of aromatic nitrogens is 2. The van der Waals surface area contributed by atoms with Crippen molar-refractivity contribution in [3.8, 4) is 0 Å². The summed E-state index contributed by atoms with van der Waals surface area (Å²) in [5, 5.41) is 2.29. The monoisotopic (exact) mass is 329 g/mol. The number of benzene rings is 1. The maximum absolute atomic E-state index is 12.6. The molecule has 1 aliphatic heterocycles. The fourth-order valence-corrected chi connectivity index (χ4v) is 3.18. The first-order chi connectivity index (χ1) is 11.5. The molecule has 1 aromatic heterocycles. The van der Waals surface area contributed by atoms with Crippen LogP contribution >= 0.6 is 0 Å². The Hall–Kier alpha value is -2.70. The highest BCUT2D eigenvalue weighted by Crippen LogP contribution is 2.24. The van der Waals surface area contributed by atoms with Gasteiger partial charge >= 0.3 is 5.69 Å². The zero-order valence-electron chi connectivity index (χ0n) is 13.4. The van der Waals surface area contributed by atoms with Gasteiger partial charge in [0.1, 0.15) is 12.3 Å². The van der Waals surface area contributed by atoms with E-state index in [1.54, 1.807) is 7.05 Å². The molecular weight excluding hydrogens is 310 g/mol. The molecule has 0 spiro atoms. The van der Waals surface area contributed by atoms with Crippen molar-refractivity contribution in [2.45, 2.75) is 38.1 Å². The fourth-order valence-electron chi connectivity index (χ4n) is 3.18. The number of carbonyl (C=O) groups excluding carboxylic acids is 3. The maximum Gasteiger partial charge on any atom is 0.329 e. The second kappa shape index (κ2) is 6.43. The first-order valence-electron chi connectivity index (χ1n) is 8.00. The average Bonchev–Trinajstić information content (AvgIpc) is 2.80. The van der Waals surface area contributed by atoms with Crippen LogP contribution in [0.15, 0.2) is 23.0 Å². The van der Waals surface area contributed by atoms with E-state index in [9.17, 15) is 19.2 Å². The van der Waals surface area contributed by atoms with Gasteiger partial charge in [-0.2, -0.15) is 0 Å². The summed E-state index contributed by atoms with van der Waals surface area (Å²) in [6, 6.07) is 5.00. The van der Waals surface area contributed by atoms with Crippen LogP contribution in [0.2, 0.25) is 0 Å². The van der Waals surface area contributed by atoms with Gasteiger partial charge in [0.15, 0.2) is 0 Å². The van der Waals surface area contributed by atoms with E-state index in [-0.39, 0.29) is 18.0 Å². The molecule has 2 amide bonds. The molecule has 126 valence electrons. The summed E-state index contributed by atoms with van der Waals surface area (Å²) < 4.78 is 2.98. The average molecular weight is 329 g/mol. The molecule has 0 aliphatic carbocycles. The van der Waals surface area contributed by atoms with E-state index in [2.05, 4.69) is 5.32 Å². The van der Waals surface area contributed by atoms with Crippen molar-refractivity contribution in [1.82, 2.24) is 14.5 Å². The number of nitrogens with zero attached hydrogens (tertiary/aromatic N) is 2. The van der Waals surface area contributed by atoms with Crippen molar-refractivity contribution < 1.29 is 14.4 Å². The van der Waals surface area contributed by atoms with Gasteiger partial charge in [0, 0.05) is 19.9 Å². The first-order valence-corrected chi connectivity index (χ1v) is 8.00. The van der Waals surface area contributed by atoms with Crippen LogP contribution < -0.4 is 11.0 Å². The Labute approximate surface area is 138 Å². The number of hydrogen-bond donors (Lipinski definition) is 1. The van der Waals surface area contributed by atoms with Crippen molar-refractivity contribution in [2.75, 3.05) is 0 Å². The van der Waals surface area contributed by atoms with Crippen LogP contribution in [0.5, 0.6) is 0 Å². The van der Waals surface area contributed by atoms with E-state index < -0.39 is 11.9 Å². The number of fused-ring (bicyclic) bond motifs is 1. The lowest BCUT2D eigenvalue weighted by atomic mass is 10.0. The van der Waals surface area contributed by atoms with Crippen LogP contribution in [-0.4, -0.2) is 27.2 Å². The van der Waals surface area contributed by atoms with Gasteiger partial charge in [-0.1, -0.05) is 6.07 Å². The molecule has 1 aliphatic rings. The lowest BCUT2D eigenvalue weighted by Crippen LogP contribution is -2.44. The lowest BCUT2D eigenvalue weighted by Gasteiger charge is -2.21. The SMILES string of the molecule is Cn1c(=O)n(C2CCC(=O)NC2=O)c2ccc(CCCC=O)cc21. The van der Waals surface area contributed by atoms with Gasteiger partial charge in [-0.25, -0.2) is 4.79 Å². The molecule has 1 aromatic carbocycles. The standard InChI is InChI=1S/C17H19N3O4/c1-19-14-10-11(4-2-3-9-21)5-6-12(14)20(17(19)24)13-7-8-15(22)18-16(13)23/h5-6,9-10,13H,2-4,7-8H2,1H3,(H,18,22,23). The van der Waals surface area contributed by atoms with E-state index in [1.165, 1.54) is 9.13 Å². The summed E-state index contributed by atoms with van der Waals surface area (Å²) in [4.78, 5) is 46.5. The molecule has 0 saturated carbocycles. The van der Waals surface area contributed by atoms with E-state index in [4.69, 9.17) is 0 Å². The van der Waals surface area contributed by atoms with Crippen molar-refractivity contribution in [2.24, 2.45) is 7.05 Å². The Morgan fingerprint density at radius 3 is 2.75 bits per heavy atom. The second-order valence-electron chi connectivity index (χ2n) is 6.06. The third kappa shape index (κ3) is 2.77. The molecule has 7 heteroatoms. The molecule has 1 saturated heterocycles. The Bertz CT molecular complexity index is 878. The van der Waals surface area contributed by atoms with Gasteiger partial charge in [-0.05, 0) is 37.0 Å². The van der Waals surface area contributed by atoms with Crippen LogP contribution in [0, 0.1) is 0 Å². The molecule has 1 atom stereocenters. The minimum Gasteiger partial charge on any atom is -0.303 e. The fraction of sp³-hybridized carbons (Fsp3) is 0.412. The van der Waals surface area contributed by atoms with Gasteiger partial charge < -0.3 is 4.79 Å². The Balaban J connectivity index is 2.01. The number of aldehydes is 1. The molecule has 1 fully saturated rings. The molecule has 1 unspecified atom stereocenters. The van der Waals surface area contributed by atoms with Crippen LogP contribution in [0.3, 0.4) is 0 Å². The predicted octanol–water partition coefficient (Wildman–Crippen LogP) is 0.839. The second-order valence-corrected chi connectivity index (χ2v) is 6.06. The van der Waals surface area contributed by atoms with Crippen molar-refractivity contribution in [1.29, 1.82) is 0 Å². The molecule has 0 radical (unpaired) electrons. The third-order valence-electron chi connectivity index (χ3n) is 4.46. The largest absolute Gasteiger partial charge is 0.329 e. The lowest BCUT2D eigenvalue weighted by molar-refractivity contribution is -0.135. The number of carbonyl (C=O) groups is 3. The van der Waals surface area contributed by atoms with Gasteiger partial charge in [-0.15, -0.1) is 0 Å². The van der Waals surface area contributed by atoms with Crippen molar-refractivity contribution in [3.63, 3.8) is 0 Å². The van der Waals surface area contributed by atoms with E-state index in [0.29, 0.717) is 18.4 Å². The predicted molar refractivity (Wildman–Crippen MR) is 87.6 cm³/mol. The van der Waals surface area contributed by atoms with Crippen molar-refractivity contribution >= 4 is 29.1 Å². The summed E-state index contributed by atoms with van der Waals surface area (Å²) in [6.45, 7) is 0. The number of hydrogen-bond acceptors (Lipinski definition) is 4. The van der Waals surface area contributed by atoms with Crippen molar-refractivity contribution in [3.05, 3.63) is 34.2 Å². The van der Waals surface area contributed by atoms with Crippen LogP contribution in [-0.2, 0) is 27.9 Å². The van der Waals surface area contributed by atoms with Crippen LogP contribution in [0.1, 0.15) is 37.3 Å². The van der Waals surface area contributed by atoms with Crippen LogP contribution in [0.4, 0.5) is 0 Å².